The molecule has 1 fully saturated rings. The number of carbonyl (C=O) groups excluding carboxylic acids is 2. The summed E-state index contributed by atoms with van der Waals surface area (Å²) in [6.07, 6.45) is 7.04. The summed E-state index contributed by atoms with van der Waals surface area (Å²) in [7, 11) is 0. The predicted octanol–water partition coefficient (Wildman–Crippen LogP) is 0.498. The van der Waals surface area contributed by atoms with Crippen LogP contribution in [0.1, 0.15) is 0 Å². The van der Waals surface area contributed by atoms with Gasteiger partial charge < -0.3 is 10.8 Å². The Labute approximate surface area is 142 Å². The van der Waals surface area contributed by atoms with Crippen molar-refractivity contribution in [3.8, 4) is 5.75 Å². The summed E-state index contributed by atoms with van der Waals surface area (Å²) in [6.45, 7) is 0.517. The zero-order valence-electron chi connectivity index (χ0n) is 12.1. The number of aromatic hydroxyl groups is 1. The van der Waals surface area contributed by atoms with Crippen molar-refractivity contribution >= 4 is 34.5 Å². The molecule has 0 unspecified atom stereocenters. The third-order valence-electron chi connectivity index (χ3n) is 3.70. The van der Waals surface area contributed by atoms with Gasteiger partial charge in [0, 0.05) is 11.8 Å². The van der Waals surface area contributed by atoms with E-state index in [0.29, 0.717) is 17.9 Å². The summed E-state index contributed by atoms with van der Waals surface area (Å²) >= 11 is 7.18. The summed E-state index contributed by atoms with van der Waals surface area (Å²) in [6, 6.07) is 2.75. The van der Waals surface area contributed by atoms with Crippen molar-refractivity contribution in [1.29, 1.82) is 0 Å². The number of fused-ring (bicyclic) bond motifs is 1. The molecule has 3 heterocycles. The Bertz CT molecular complexity index is 734. The number of nitrogens with two attached hydrogens (primary N) is 1. The highest BCUT2D eigenvalue weighted by atomic mass is 35.5. The average Bonchev–Trinajstić information content (AvgIpc) is 2.53. The number of β-lactam (4-membered cyclic amide) rings is 1. The Morgan fingerprint density at radius 1 is 1.61 bits per heavy atom. The van der Waals surface area contributed by atoms with Gasteiger partial charge in [0.1, 0.15) is 17.1 Å². The normalized spacial score (nSPS) is 23.9. The largest absolute Gasteiger partial charge is 0.503 e. The monoisotopic (exact) mass is 352 g/mol. The van der Waals surface area contributed by atoms with Gasteiger partial charge in [0.15, 0.2) is 18.5 Å². The fourth-order valence-corrected chi connectivity index (χ4v) is 4.06. The molecule has 8 heteroatoms. The Kier molecular flexibility index (Phi) is 4.43. The topological polar surface area (TPSA) is 87.5 Å². The standard InChI is InChI=1S/C15H14ClN3O3S/c16-13(21)12-9(8-23-15-11(17)14(22)19(12)15)3-1-5-18-6-2-4-10(20)7-18/h1-4,6-7,11,15H,5,8,17H2/p+1/b3-1+/t11-,15-/m1/s1. The van der Waals surface area contributed by atoms with Crippen molar-refractivity contribution in [2.75, 3.05) is 5.75 Å². The second-order valence-electron chi connectivity index (χ2n) is 5.24. The maximum Gasteiger partial charge on any atom is 0.269 e. The van der Waals surface area contributed by atoms with E-state index in [-0.39, 0.29) is 22.7 Å². The first-order chi connectivity index (χ1) is 11.0. The minimum atomic E-state index is -0.653. The molecule has 0 bridgehead atoms. The van der Waals surface area contributed by atoms with E-state index in [2.05, 4.69) is 0 Å². The maximum atomic E-state index is 11.9. The molecule has 2 aliphatic rings. The van der Waals surface area contributed by atoms with Crippen LogP contribution in [0.4, 0.5) is 0 Å². The third-order valence-corrected chi connectivity index (χ3v) is 5.21. The molecule has 0 spiro atoms. The number of pyridine rings is 1. The molecule has 6 nitrogen and oxygen atoms in total. The van der Waals surface area contributed by atoms with Crippen molar-refractivity contribution < 1.29 is 19.3 Å². The lowest BCUT2D eigenvalue weighted by Crippen LogP contribution is -2.68. The van der Waals surface area contributed by atoms with Crippen LogP contribution in [0.3, 0.4) is 0 Å². The molecule has 23 heavy (non-hydrogen) atoms. The number of hydrogen-bond donors (Lipinski definition) is 2. The summed E-state index contributed by atoms with van der Waals surface area (Å²) in [5, 5.41) is 8.56. The number of thioether (sulfide) groups is 1. The number of rotatable bonds is 4. The van der Waals surface area contributed by atoms with Crippen molar-refractivity contribution in [2.24, 2.45) is 5.73 Å². The minimum Gasteiger partial charge on any atom is -0.503 e. The molecule has 0 aromatic carbocycles. The molecule has 1 saturated heterocycles. The third kappa shape index (κ3) is 2.99. The lowest BCUT2D eigenvalue weighted by Gasteiger charge is -2.48. The van der Waals surface area contributed by atoms with Gasteiger partial charge in [-0.15, -0.1) is 11.8 Å². The number of hydrogen-bond acceptors (Lipinski definition) is 5. The van der Waals surface area contributed by atoms with Crippen LogP contribution in [0, 0.1) is 0 Å². The fourth-order valence-electron chi connectivity index (χ4n) is 2.59. The smallest absolute Gasteiger partial charge is 0.269 e. The summed E-state index contributed by atoms with van der Waals surface area (Å²) in [5.41, 5.74) is 6.66. The SMILES string of the molecule is N[C@@H]1C(=O)N2C(C(=O)Cl)=C(/C=C/C[n+]3cccc(O)c3)CS[C@H]12. The van der Waals surface area contributed by atoms with Crippen LogP contribution in [-0.2, 0) is 16.1 Å². The molecule has 1 aromatic heterocycles. The van der Waals surface area contributed by atoms with Crippen LogP contribution >= 0.6 is 23.4 Å². The molecule has 1 aromatic rings. The molecule has 0 aliphatic carbocycles. The Hall–Kier alpha value is -1.83. The first-order valence-electron chi connectivity index (χ1n) is 6.97. The molecule has 1 amide bonds. The predicted molar refractivity (Wildman–Crippen MR) is 86.4 cm³/mol. The molecule has 3 rings (SSSR count). The number of halogens is 1. The summed E-state index contributed by atoms with van der Waals surface area (Å²) in [4.78, 5) is 25.0. The Balaban J connectivity index is 1.81. The fraction of sp³-hybridized carbons (Fsp3) is 0.267. The lowest BCUT2D eigenvalue weighted by molar-refractivity contribution is -0.687. The van der Waals surface area contributed by atoms with Crippen molar-refractivity contribution in [1.82, 2.24) is 4.90 Å². The first-order valence-corrected chi connectivity index (χ1v) is 8.39. The van der Waals surface area contributed by atoms with Gasteiger partial charge in [-0.05, 0) is 29.3 Å². The number of aromatic nitrogens is 1. The Morgan fingerprint density at radius 2 is 2.39 bits per heavy atom. The Morgan fingerprint density at radius 3 is 3.09 bits per heavy atom. The minimum absolute atomic E-state index is 0.174. The number of amides is 1. The van der Waals surface area contributed by atoms with Crippen molar-refractivity contribution in [3.05, 3.63) is 47.9 Å². The van der Waals surface area contributed by atoms with Crippen LogP contribution in [0.5, 0.6) is 5.75 Å². The highest BCUT2D eigenvalue weighted by molar-refractivity contribution is 8.00. The second-order valence-corrected chi connectivity index (χ2v) is 6.69. The van der Waals surface area contributed by atoms with E-state index in [1.807, 2.05) is 12.3 Å². The molecule has 2 aliphatic heterocycles. The van der Waals surface area contributed by atoms with Crippen LogP contribution in [0.2, 0.25) is 0 Å². The van der Waals surface area contributed by atoms with E-state index in [1.165, 1.54) is 16.7 Å². The number of carbonyl (C=O) groups is 2. The zero-order chi connectivity index (χ0) is 16.6. The molecule has 0 radical (unpaired) electrons. The van der Waals surface area contributed by atoms with Gasteiger partial charge in [0.25, 0.3) is 5.24 Å². The van der Waals surface area contributed by atoms with Gasteiger partial charge in [-0.2, -0.15) is 4.57 Å². The average molecular weight is 353 g/mol. The van der Waals surface area contributed by atoms with Gasteiger partial charge in [0.05, 0.1) is 0 Å². The quantitative estimate of drug-likeness (QED) is 0.468. The highest BCUT2D eigenvalue weighted by Gasteiger charge is 2.51. The molecule has 2 atom stereocenters. The van der Waals surface area contributed by atoms with Crippen LogP contribution < -0.4 is 10.3 Å². The van der Waals surface area contributed by atoms with Gasteiger partial charge >= 0.3 is 0 Å². The number of allylic oxidation sites excluding steroid dienone is 3. The van der Waals surface area contributed by atoms with E-state index >= 15 is 0 Å². The zero-order valence-corrected chi connectivity index (χ0v) is 13.6. The summed E-state index contributed by atoms with van der Waals surface area (Å²) < 4.78 is 1.79. The maximum absolute atomic E-state index is 11.9. The molecular formula is C15H15ClN3O3S+. The molecule has 0 saturated carbocycles. The highest BCUT2D eigenvalue weighted by Crippen LogP contribution is 2.40. The van der Waals surface area contributed by atoms with E-state index in [0.717, 1.165) is 0 Å². The van der Waals surface area contributed by atoms with Crippen molar-refractivity contribution in [2.45, 2.75) is 18.0 Å². The van der Waals surface area contributed by atoms with E-state index in [4.69, 9.17) is 17.3 Å². The lowest BCUT2D eigenvalue weighted by atomic mass is 10.0. The van der Waals surface area contributed by atoms with Gasteiger partial charge in [-0.1, -0.05) is 6.08 Å². The second kappa shape index (κ2) is 6.35. The van der Waals surface area contributed by atoms with Crippen LogP contribution in [0.15, 0.2) is 47.9 Å². The first kappa shape index (κ1) is 16.0. The van der Waals surface area contributed by atoms with E-state index < -0.39 is 11.3 Å². The van der Waals surface area contributed by atoms with Crippen LogP contribution in [0.25, 0.3) is 0 Å². The number of nitrogens with zero attached hydrogens (tertiary/aromatic N) is 2. The van der Waals surface area contributed by atoms with E-state index in [1.54, 1.807) is 29.0 Å². The summed E-state index contributed by atoms with van der Waals surface area (Å²) in [5.74, 6) is 0.462. The van der Waals surface area contributed by atoms with Crippen LogP contribution in [-0.4, -0.2) is 38.3 Å². The van der Waals surface area contributed by atoms with Gasteiger partial charge in [0.2, 0.25) is 12.1 Å². The van der Waals surface area contributed by atoms with Gasteiger partial charge in [-0.25, -0.2) is 0 Å². The molecular weight excluding hydrogens is 338 g/mol. The molecule has 3 N–H and O–H groups in total. The molecule has 120 valence electrons. The van der Waals surface area contributed by atoms with Crippen molar-refractivity contribution in [3.63, 3.8) is 0 Å². The van der Waals surface area contributed by atoms with E-state index in [9.17, 15) is 14.7 Å². The van der Waals surface area contributed by atoms with Gasteiger partial charge in [-0.3, -0.25) is 14.5 Å².